The zero-order chi connectivity index (χ0) is 19.6. The second kappa shape index (κ2) is 8.50. The van der Waals surface area contributed by atoms with Crippen LogP contribution in [0.4, 0.5) is 0 Å². The molecule has 1 aliphatic heterocycles. The molecule has 2 aromatic carbocycles. The normalized spacial score (nSPS) is 28.3. The van der Waals surface area contributed by atoms with Crippen molar-refractivity contribution >= 4 is 0 Å². The molecule has 3 rings (SSSR count). The highest BCUT2D eigenvalue weighted by atomic mass is 16.5. The highest BCUT2D eigenvalue weighted by Crippen LogP contribution is 2.33. The number of benzene rings is 2. The molecule has 27 heavy (non-hydrogen) atoms. The maximum atomic E-state index is 10.4. The lowest BCUT2D eigenvalue weighted by Crippen LogP contribution is -2.55. The Morgan fingerprint density at radius 2 is 1.52 bits per heavy atom. The first-order chi connectivity index (χ1) is 12.9. The molecule has 4 N–H and O–H groups in total. The van der Waals surface area contributed by atoms with E-state index in [9.17, 15) is 20.4 Å². The smallest absolute Gasteiger partial charge is 0.113 e. The third-order valence-corrected chi connectivity index (χ3v) is 5.22. The molecular weight excluding hydrogens is 344 g/mol. The van der Waals surface area contributed by atoms with E-state index in [1.54, 1.807) is 0 Å². The minimum Gasteiger partial charge on any atom is -0.394 e. The molecule has 0 aromatic heterocycles. The fourth-order valence-corrected chi connectivity index (χ4v) is 3.67. The zero-order valence-corrected chi connectivity index (χ0v) is 15.7. The third kappa shape index (κ3) is 4.39. The number of aliphatic hydroxyl groups excluding tert-OH is 4. The first-order valence-corrected chi connectivity index (χ1v) is 9.41. The zero-order valence-electron chi connectivity index (χ0n) is 15.7. The number of hydrogen-bond acceptors (Lipinski definition) is 5. The number of hydrogen-bond donors (Lipinski definition) is 4. The van der Waals surface area contributed by atoms with Crippen LogP contribution in [-0.4, -0.2) is 51.4 Å². The van der Waals surface area contributed by atoms with Crippen LogP contribution in [0.3, 0.4) is 0 Å². The van der Waals surface area contributed by atoms with Crippen molar-refractivity contribution in [2.45, 2.75) is 57.2 Å². The summed E-state index contributed by atoms with van der Waals surface area (Å²) >= 11 is 0. The van der Waals surface area contributed by atoms with Crippen LogP contribution in [0.1, 0.15) is 40.8 Å². The lowest BCUT2D eigenvalue weighted by molar-refractivity contribution is -0.231. The number of aliphatic hydroxyl groups is 4. The molecular formula is C22H28O5. The summed E-state index contributed by atoms with van der Waals surface area (Å²) < 4.78 is 5.70. The first-order valence-electron chi connectivity index (χ1n) is 9.41. The molecule has 0 spiro atoms. The van der Waals surface area contributed by atoms with Crippen LogP contribution >= 0.6 is 0 Å². The van der Waals surface area contributed by atoms with Gasteiger partial charge in [-0.2, -0.15) is 0 Å². The fourth-order valence-electron chi connectivity index (χ4n) is 3.67. The van der Waals surface area contributed by atoms with Crippen molar-refractivity contribution in [2.75, 3.05) is 6.61 Å². The first kappa shape index (κ1) is 20.0. The number of aryl methyl sites for hydroxylation is 2. The highest BCUT2D eigenvalue weighted by Gasteiger charge is 2.43. The van der Waals surface area contributed by atoms with E-state index in [4.69, 9.17) is 4.74 Å². The van der Waals surface area contributed by atoms with Gasteiger partial charge >= 0.3 is 0 Å². The summed E-state index contributed by atoms with van der Waals surface area (Å²) in [5, 5.41) is 39.8. The Morgan fingerprint density at radius 3 is 2.15 bits per heavy atom. The summed E-state index contributed by atoms with van der Waals surface area (Å²) in [6, 6.07) is 14.4. The van der Waals surface area contributed by atoms with Gasteiger partial charge in [0.1, 0.15) is 30.5 Å². The second-order valence-corrected chi connectivity index (χ2v) is 7.35. The van der Waals surface area contributed by atoms with Gasteiger partial charge in [-0.15, -0.1) is 0 Å². The monoisotopic (exact) mass is 372 g/mol. The van der Waals surface area contributed by atoms with E-state index in [0.717, 1.165) is 29.5 Å². The van der Waals surface area contributed by atoms with Gasteiger partial charge in [0.15, 0.2) is 0 Å². The Hall–Kier alpha value is -1.76. The van der Waals surface area contributed by atoms with Crippen molar-refractivity contribution < 1.29 is 25.2 Å². The Bertz CT molecular complexity index is 756. The van der Waals surface area contributed by atoms with E-state index in [1.165, 1.54) is 11.1 Å². The fraction of sp³-hybridized carbons (Fsp3) is 0.455. The average molecular weight is 372 g/mol. The largest absolute Gasteiger partial charge is 0.394 e. The predicted octanol–water partition coefficient (Wildman–Crippen LogP) is 1.66. The van der Waals surface area contributed by atoms with Crippen molar-refractivity contribution in [1.82, 2.24) is 0 Å². The molecule has 0 aliphatic carbocycles. The summed E-state index contributed by atoms with van der Waals surface area (Å²) in [4.78, 5) is 0. The molecule has 146 valence electrons. The molecule has 0 unspecified atom stereocenters. The predicted molar refractivity (Wildman–Crippen MR) is 103 cm³/mol. The van der Waals surface area contributed by atoms with Crippen LogP contribution in [0.25, 0.3) is 0 Å². The van der Waals surface area contributed by atoms with E-state index < -0.39 is 37.1 Å². The molecule has 1 heterocycles. The summed E-state index contributed by atoms with van der Waals surface area (Å²) in [5.41, 5.74) is 5.31. The molecule has 0 radical (unpaired) electrons. The number of ether oxygens (including phenoxy) is 1. The van der Waals surface area contributed by atoms with Crippen LogP contribution in [0.2, 0.25) is 0 Å². The maximum Gasteiger partial charge on any atom is 0.113 e. The van der Waals surface area contributed by atoms with Gasteiger partial charge in [-0.25, -0.2) is 0 Å². The van der Waals surface area contributed by atoms with Crippen molar-refractivity contribution in [3.05, 3.63) is 70.3 Å². The molecule has 0 bridgehead atoms. The van der Waals surface area contributed by atoms with Crippen molar-refractivity contribution in [3.8, 4) is 0 Å². The van der Waals surface area contributed by atoms with Gasteiger partial charge in [0, 0.05) is 0 Å². The van der Waals surface area contributed by atoms with Gasteiger partial charge < -0.3 is 25.2 Å². The molecule has 0 amide bonds. The molecule has 1 saturated heterocycles. The number of rotatable bonds is 5. The summed E-state index contributed by atoms with van der Waals surface area (Å²) in [6.07, 6.45) is -3.93. The Balaban J connectivity index is 1.85. The van der Waals surface area contributed by atoms with Crippen LogP contribution in [0.15, 0.2) is 42.5 Å². The molecule has 2 aromatic rings. The highest BCUT2D eigenvalue weighted by molar-refractivity contribution is 5.36. The topological polar surface area (TPSA) is 90.2 Å². The van der Waals surface area contributed by atoms with Crippen LogP contribution in [0, 0.1) is 6.92 Å². The van der Waals surface area contributed by atoms with E-state index >= 15 is 0 Å². The van der Waals surface area contributed by atoms with Gasteiger partial charge in [0.05, 0.1) is 6.61 Å². The van der Waals surface area contributed by atoms with Crippen LogP contribution in [0.5, 0.6) is 0 Å². The average Bonchev–Trinajstić information content (AvgIpc) is 2.66. The van der Waals surface area contributed by atoms with Crippen LogP contribution in [-0.2, 0) is 17.6 Å². The van der Waals surface area contributed by atoms with E-state index in [0.29, 0.717) is 0 Å². The quantitative estimate of drug-likeness (QED) is 0.641. The minimum atomic E-state index is -1.37. The van der Waals surface area contributed by atoms with E-state index in [-0.39, 0.29) is 0 Å². The second-order valence-electron chi connectivity index (χ2n) is 7.35. The van der Waals surface area contributed by atoms with Gasteiger partial charge in [-0.05, 0) is 42.0 Å². The standard InChI is InChI=1S/C22H28O5/c1-3-14-4-6-15(7-5-14)10-16-8-13(2)9-17(11-16)22-21(26)20(25)19(24)18(12-23)27-22/h4-9,11,18-26H,3,10,12H2,1-2H3/t18-,19-,20+,21-,22+/m1/s1. The molecule has 0 saturated carbocycles. The molecule has 1 aliphatic rings. The van der Waals surface area contributed by atoms with Gasteiger partial charge in [-0.3, -0.25) is 0 Å². The van der Waals surface area contributed by atoms with E-state index in [1.807, 2.05) is 19.1 Å². The molecule has 5 atom stereocenters. The minimum absolute atomic E-state index is 0.427. The Kier molecular flexibility index (Phi) is 6.29. The van der Waals surface area contributed by atoms with Crippen molar-refractivity contribution in [2.24, 2.45) is 0 Å². The summed E-state index contributed by atoms with van der Waals surface area (Å²) in [6.45, 7) is 3.67. The van der Waals surface area contributed by atoms with Crippen molar-refractivity contribution in [1.29, 1.82) is 0 Å². The van der Waals surface area contributed by atoms with E-state index in [2.05, 4.69) is 37.3 Å². The molecule has 5 nitrogen and oxygen atoms in total. The molecule has 1 fully saturated rings. The van der Waals surface area contributed by atoms with Gasteiger partial charge in [0.2, 0.25) is 0 Å². The Morgan fingerprint density at radius 1 is 0.852 bits per heavy atom. The third-order valence-electron chi connectivity index (χ3n) is 5.22. The lowest BCUT2D eigenvalue weighted by atomic mass is 9.89. The van der Waals surface area contributed by atoms with Gasteiger partial charge in [0.25, 0.3) is 0 Å². The van der Waals surface area contributed by atoms with Gasteiger partial charge in [-0.1, -0.05) is 55.0 Å². The summed E-state index contributed by atoms with van der Waals surface area (Å²) in [5.74, 6) is 0. The molecule has 5 heteroatoms. The SMILES string of the molecule is CCc1ccc(Cc2cc(C)cc([C@@H]3O[C@H](CO)[C@@H](O)[C@H](O)[C@H]3O)c2)cc1. The Labute approximate surface area is 159 Å². The summed E-state index contributed by atoms with van der Waals surface area (Å²) in [7, 11) is 0. The van der Waals surface area contributed by atoms with Crippen molar-refractivity contribution in [3.63, 3.8) is 0 Å². The maximum absolute atomic E-state index is 10.4. The lowest BCUT2D eigenvalue weighted by Gasteiger charge is -2.40. The van der Waals surface area contributed by atoms with Crippen LogP contribution < -0.4 is 0 Å².